The summed E-state index contributed by atoms with van der Waals surface area (Å²) >= 11 is 0. The van der Waals surface area contributed by atoms with Crippen molar-refractivity contribution in [3.05, 3.63) is 34.4 Å². The van der Waals surface area contributed by atoms with Crippen LogP contribution in [0.2, 0.25) is 0 Å². The fraction of sp³-hybridized carbons (Fsp3) is 0.792. The third kappa shape index (κ3) is 2.89. The number of hydrogen-bond acceptors (Lipinski definition) is 7. The minimum atomic E-state index is -4.55. The SMILES string of the molecule is CC12CCC(OS(=O)(=O)O)CC1(O)CCC1C2CCC2(C)C(c3ccc(=O)oc3)CC3OC312. The van der Waals surface area contributed by atoms with Crippen LogP contribution in [0.15, 0.2) is 27.6 Å². The molecular formula is C24H32O8S. The van der Waals surface area contributed by atoms with Gasteiger partial charge in [-0.05, 0) is 79.7 Å². The molecule has 0 radical (unpaired) electrons. The zero-order chi connectivity index (χ0) is 23.4. The van der Waals surface area contributed by atoms with E-state index in [1.54, 1.807) is 6.26 Å². The third-order valence-electron chi connectivity index (χ3n) is 10.6. The molecule has 2 N–H and O–H groups in total. The van der Waals surface area contributed by atoms with E-state index in [0.29, 0.717) is 25.2 Å². The maximum Gasteiger partial charge on any atom is 0.397 e. The summed E-state index contributed by atoms with van der Waals surface area (Å²) in [4.78, 5) is 11.5. The second-order valence-corrected chi connectivity index (χ2v) is 12.7. The van der Waals surface area contributed by atoms with Gasteiger partial charge in [0.05, 0.1) is 24.1 Å². The van der Waals surface area contributed by atoms with Crippen molar-refractivity contribution in [2.45, 2.75) is 94.5 Å². The standard InChI is InChI=1S/C24H32O8S/c1-21-8-5-15(32-33(27,28)29)12-23(21,26)10-7-17-16(21)6-9-22(2)18(11-19-24(17,22)31-19)14-3-4-20(25)30-13-14/h3-4,13,15-19,26H,5-12H2,1-2H3,(H,27,28,29). The lowest BCUT2D eigenvalue weighted by atomic mass is 9.42. The van der Waals surface area contributed by atoms with Crippen molar-refractivity contribution < 1.29 is 31.4 Å². The van der Waals surface area contributed by atoms with Gasteiger partial charge in [-0.2, -0.15) is 8.42 Å². The first-order valence-corrected chi connectivity index (χ1v) is 13.4. The van der Waals surface area contributed by atoms with Crippen molar-refractivity contribution in [1.82, 2.24) is 0 Å². The minimum Gasteiger partial charge on any atom is -0.431 e. The van der Waals surface area contributed by atoms with Crippen molar-refractivity contribution >= 4 is 10.4 Å². The Hall–Kier alpha value is -1.26. The molecule has 1 saturated heterocycles. The molecule has 5 fully saturated rings. The molecule has 0 amide bonds. The maximum absolute atomic E-state index is 11.8. The molecule has 33 heavy (non-hydrogen) atoms. The summed E-state index contributed by atoms with van der Waals surface area (Å²) < 4.78 is 48.2. The molecule has 1 aromatic rings. The van der Waals surface area contributed by atoms with Crippen LogP contribution in [0.3, 0.4) is 0 Å². The summed E-state index contributed by atoms with van der Waals surface area (Å²) in [6.07, 6.45) is 6.67. The number of rotatable bonds is 3. The molecule has 8 nitrogen and oxygen atoms in total. The molecular weight excluding hydrogens is 448 g/mol. The van der Waals surface area contributed by atoms with Gasteiger partial charge < -0.3 is 14.3 Å². The Morgan fingerprint density at radius 1 is 1.06 bits per heavy atom. The summed E-state index contributed by atoms with van der Waals surface area (Å²) in [5.74, 6) is 0.869. The highest BCUT2D eigenvalue weighted by molar-refractivity contribution is 7.80. The normalized spacial score (nSPS) is 50.6. The van der Waals surface area contributed by atoms with Crippen molar-refractivity contribution in [3.63, 3.8) is 0 Å². The zero-order valence-corrected chi connectivity index (χ0v) is 19.8. The Morgan fingerprint density at radius 3 is 2.48 bits per heavy atom. The van der Waals surface area contributed by atoms with Crippen LogP contribution in [0.5, 0.6) is 0 Å². The quantitative estimate of drug-likeness (QED) is 0.499. The average molecular weight is 481 g/mol. The first kappa shape index (κ1) is 22.2. The van der Waals surface area contributed by atoms with Crippen LogP contribution in [0.1, 0.15) is 76.7 Å². The first-order chi connectivity index (χ1) is 15.4. The third-order valence-corrected chi connectivity index (χ3v) is 11.1. The largest absolute Gasteiger partial charge is 0.431 e. The average Bonchev–Trinajstić information content (AvgIpc) is 3.38. The molecule has 5 aliphatic rings. The van der Waals surface area contributed by atoms with Gasteiger partial charge in [0.15, 0.2) is 0 Å². The Bertz CT molecular complexity index is 1130. The monoisotopic (exact) mass is 480 g/mol. The van der Waals surface area contributed by atoms with Gasteiger partial charge >= 0.3 is 16.0 Å². The van der Waals surface area contributed by atoms with Crippen LogP contribution < -0.4 is 5.63 Å². The van der Waals surface area contributed by atoms with Crippen LogP contribution in [0.4, 0.5) is 0 Å². The van der Waals surface area contributed by atoms with E-state index in [9.17, 15) is 18.3 Å². The summed E-state index contributed by atoms with van der Waals surface area (Å²) in [5.41, 5.74) is -0.947. The van der Waals surface area contributed by atoms with Crippen LogP contribution >= 0.6 is 0 Å². The van der Waals surface area contributed by atoms with Crippen molar-refractivity contribution in [1.29, 1.82) is 0 Å². The Labute approximate surface area is 193 Å². The maximum atomic E-state index is 11.8. The van der Waals surface area contributed by atoms with Crippen LogP contribution in [0, 0.1) is 22.7 Å². The fourth-order valence-electron chi connectivity index (χ4n) is 8.97. The van der Waals surface area contributed by atoms with Crippen molar-refractivity contribution in [2.75, 3.05) is 0 Å². The summed E-state index contributed by atoms with van der Waals surface area (Å²) in [6.45, 7) is 4.48. The van der Waals surface area contributed by atoms with E-state index in [1.165, 1.54) is 6.07 Å². The molecule has 4 saturated carbocycles. The highest BCUT2D eigenvalue weighted by Gasteiger charge is 2.81. The van der Waals surface area contributed by atoms with Gasteiger partial charge in [-0.3, -0.25) is 4.55 Å². The molecule has 0 aromatic carbocycles. The highest BCUT2D eigenvalue weighted by Crippen LogP contribution is 2.78. The number of epoxide rings is 1. The smallest absolute Gasteiger partial charge is 0.397 e. The van der Waals surface area contributed by atoms with Gasteiger partial charge in [0.2, 0.25) is 0 Å². The topological polar surface area (TPSA) is 127 Å². The predicted octanol–water partition coefficient (Wildman–Crippen LogP) is 3.20. The van der Waals surface area contributed by atoms with Gasteiger partial charge in [-0.25, -0.2) is 8.98 Å². The molecule has 2 heterocycles. The van der Waals surface area contributed by atoms with E-state index in [1.807, 2.05) is 6.07 Å². The molecule has 9 atom stereocenters. The Balaban J connectivity index is 1.30. The van der Waals surface area contributed by atoms with E-state index in [-0.39, 0.29) is 46.4 Å². The second-order valence-electron chi connectivity index (χ2n) is 11.6. The molecule has 1 aromatic heterocycles. The van der Waals surface area contributed by atoms with Gasteiger partial charge in [0.1, 0.15) is 5.60 Å². The molecule has 6 rings (SSSR count). The first-order valence-electron chi connectivity index (χ1n) is 12.1. The van der Waals surface area contributed by atoms with E-state index < -0.39 is 22.1 Å². The molecule has 9 heteroatoms. The number of aliphatic hydroxyl groups is 1. The van der Waals surface area contributed by atoms with Crippen LogP contribution in [0.25, 0.3) is 0 Å². The van der Waals surface area contributed by atoms with Gasteiger partial charge in [-0.1, -0.05) is 13.8 Å². The van der Waals surface area contributed by atoms with Crippen molar-refractivity contribution in [3.8, 4) is 0 Å². The molecule has 9 unspecified atom stereocenters. The number of fused-ring (bicyclic) bond motifs is 3. The van der Waals surface area contributed by atoms with E-state index >= 15 is 0 Å². The minimum absolute atomic E-state index is 0.0597. The number of hydrogen-bond donors (Lipinski definition) is 2. The van der Waals surface area contributed by atoms with Crippen LogP contribution in [-0.2, 0) is 19.3 Å². The fourth-order valence-corrected chi connectivity index (χ4v) is 9.48. The lowest BCUT2D eigenvalue weighted by molar-refractivity contribution is -0.221. The molecule has 4 aliphatic carbocycles. The summed E-state index contributed by atoms with van der Waals surface area (Å²) in [6, 6.07) is 3.39. The van der Waals surface area contributed by atoms with Gasteiger partial charge in [0, 0.05) is 17.9 Å². The summed E-state index contributed by atoms with van der Waals surface area (Å²) in [7, 11) is -4.55. The van der Waals surface area contributed by atoms with E-state index in [2.05, 4.69) is 13.8 Å². The highest BCUT2D eigenvalue weighted by atomic mass is 32.3. The second kappa shape index (κ2) is 6.69. The molecule has 182 valence electrons. The molecule has 1 aliphatic heterocycles. The van der Waals surface area contributed by atoms with Crippen molar-refractivity contribution in [2.24, 2.45) is 22.7 Å². The van der Waals surface area contributed by atoms with Gasteiger partial charge in [-0.15, -0.1) is 0 Å². The Morgan fingerprint density at radius 2 is 1.79 bits per heavy atom. The van der Waals surface area contributed by atoms with Gasteiger partial charge in [0.25, 0.3) is 0 Å². The molecule has 0 bridgehead atoms. The predicted molar refractivity (Wildman–Crippen MR) is 117 cm³/mol. The lowest BCUT2D eigenvalue weighted by Gasteiger charge is -2.64. The summed E-state index contributed by atoms with van der Waals surface area (Å²) in [5, 5.41) is 11.8. The van der Waals surface area contributed by atoms with Crippen LogP contribution in [-0.4, -0.2) is 41.5 Å². The lowest BCUT2D eigenvalue weighted by Crippen LogP contribution is -2.65. The Kier molecular flexibility index (Phi) is 4.51. The zero-order valence-electron chi connectivity index (χ0n) is 19.0. The number of ether oxygens (including phenoxy) is 1. The van der Waals surface area contributed by atoms with E-state index in [0.717, 1.165) is 31.2 Å². The molecule has 1 spiro atoms. The van der Waals surface area contributed by atoms with E-state index in [4.69, 9.17) is 17.9 Å².